The van der Waals surface area contributed by atoms with E-state index in [9.17, 15) is 9.59 Å². The monoisotopic (exact) mass is 302 g/mol. The number of hydrogen-bond donors (Lipinski definition) is 2. The van der Waals surface area contributed by atoms with Gasteiger partial charge in [0.1, 0.15) is 0 Å². The minimum atomic E-state index is -0.240. The van der Waals surface area contributed by atoms with Crippen LogP contribution >= 0.6 is 11.3 Å². The van der Waals surface area contributed by atoms with Crippen LogP contribution < -0.4 is 11.1 Å². The SMILES string of the molecule is CC(N)CCNC(=O)c1ccccc1C(=O)c1cccs1. The summed E-state index contributed by atoms with van der Waals surface area (Å²) >= 11 is 1.37. The Morgan fingerprint density at radius 1 is 1.19 bits per heavy atom. The van der Waals surface area contributed by atoms with E-state index in [4.69, 9.17) is 5.73 Å². The molecule has 2 rings (SSSR count). The summed E-state index contributed by atoms with van der Waals surface area (Å²) in [5.74, 6) is -0.362. The predicted molar refractivity (Wildman–Crippen MR) is 84.8 cm³/mol. The molecule has 0 saturated carbocycles. The van der Waals surface area contributed by atoms with Crippen LogP contribution in [-0.2, 0) is 0 Å². The van der Waals surface area contributed by atoms with Crippen molar-refractivity contribution >= 4 is 23.0 Å². The van der Waals surface area contributed by atoms with E-state index in [1.807, 2.05) is 18.4 Å². The molecule has 0 aliphatic rings. The Morgan fingerprint density at radius 2 is 1.90 bits per heavy atom. The van der Waals surface area contributed by atoms with Crippen LogP contribution in [0.5, 0.6) is 0 Å². The molecule has 1 aromatic carbocycles. The number of rotatable bonds is 6. The normalized spacial score (nSPS) is 11.9. The van der Waals surface area contributed by atoms with Crippen molar-refractivity contribution in [2.45, 2.75) is 19.4 Å². The highest BCUT2D eigenvalue weighted by atomic mass is 32.1. The van der Waals surface area contributed by atoms with E-state index < -0.39 is 0 Å². The highest BCUT2D eigenvalue weighted by molar-refractivity contribution is 7.12. The lowest BCUT2D eigenvalue weighted by molar-refractivity contribution is 0.0941. The van der Waals surface area contributed by atoms with Crippen molar-refractivity contribution in [2.24, 2.45) is 5.73 Å². The Kier molecular flexibility index (Phi) is 5.25. The number of ketones is 1. The van der Waals surface area contributed by atoms with Crippen LogP contribution in [0, 0.1) is 0 Å². The van der Waals surface area contributed by atoms with Crippen molar-refractivity contribution in [2.75, 3.05) is 6.54 Å². The molecule has 0 spiro atoms. The first-order valence-corrected chi connectivity index (χ1v) is 7.68. The topological polar surface area (TPSA) is 72.2 Å². The first-order valence-electron chi connectivity index (χ1n) is 6.80. The Balaban J connectivity index is 2.17. The molecule has 110 valence electrons. The molecule has 0 saturated heterocycles. The molecule has 1 amide bonds. The predicted octanol–water partition coefficient (Wildman–Crippen LogP) is 2.45. The Hall–Kier alpha value is -1.98. The number of benzene rings is 1. The van der Waals surface area contributed by atoms with Gasteiger partial charge in [0.2, 0.25) is 5.78 Å². The number of thiophene rings is 1. The van der Waals surface area contributed by atoms with Crippen LogP contribution in [0.3, 0.4) is 0 Å². The minimum Gasteiger partial charge on any atom is -0.352 e. The molecule has 1 heterocycles. The van der Waals surface area contributed by atoms with E-state index in [0.717, 1.165) is 0 Å². The van der Waals surface area contributed by atoms with Crippen molar-refractivity contribution in [3.05, 3.63) is 57.8 Å². The number of carbonyl (C=O) groups excluding carboxylic acids is 2. The molecule has 0 bridgehead atoms. The van der Waals surface area contributed by atoms with Gasteiger partial charge in [-0.3, -0.25) is 9.59 Å². The highest BCUT2D eigenvalue weighted by Gasteiger charge is 2.18. The lowest BCUT2D eigenvalue weighted by Crippen LogP contribution is -2.30. The van der Waals surface area contributed by atoms with Gasteiger partial charge in [-0.2, -0.15) is 0 Å². The third kappa shape index (κ3) is 4.00. The molecular weight excluding hydrogens is 284 g/mol. The minimum absolute atomic E-state index is 0.0355. The van der Waals surface area contributed by atoms with E-state index in [2.05, 4.69) is 5.32 Å². The molecule has 21 heavy (non-hydrogen) atoms. The van der Waals surface area contributed by atoms with Gasteiger partial charge in [-0.15, -0.1) is 11.3 Å². The number of nitrogens with one attached hydrogen (secondary N) is 1. The second kappa shape index (κ2) is 7.15. The summed E-state index contributed by atoms with van der Waals surface area (Å²) in [7, 11) is 0. The molecule has 4 nitrogen and oxygen atoms in total. The maximum atomic E-state index is 12.4. The molecule has 1 aromatic heterocycles. The van der Waals surface area contributed by atoms with Gasteiger partial charge in [0, 0.05) is 18.2 Å². The van der Waals surface area contributed by atoms with Gasteiger partial charge in [-0.05, 0) is 30.9 Å². The van der Waals surface area contributed by atoms with Gasteiger partial charge < -0.3 is 11.1 Å². The average Bonchev–Trinajstić information content (AvgIpc) is 3.00. The zero-order chi connectivity index (χ0) is 15.2. The van der Waals surface area contributed by atoms with Crippen LogP contribution in [0.25, 0.3) is 0 Å². The van der Waals surface area contributed by atoms with Gasteiger partial charge in [-0.25, -0.2) is 0 Å². The van der Waals surface area contributed by atoms with Crippen molar-refractivity contribution in [3.8, 4) is 0 Å². The second-order valence-electron chi connectivity index (χ2n) is 4.87. The lowest BCUT2D eigenvalue weighted by Gasteiger charge is -2.10. The van der Waals surface area contributed by atoms with Crippen molar-refractivity contribution in [1.29, 1.82) is 0 Å². The molecule has 1 atom stereocenters. The zero-order valence-electron chi connectivity index (χ0n) is 11.8. The number of amides is 1. The third-order valence-electron chi connectivity index (χ3n) is 3.05. The van der Waals surface area contributed by atoms with E-state index >= 15 is 0 Å². The smallest absolute Gasteiger partial charge is 0.252 e. The standard InChI is InChI=1S/C16H18N2O2S/c1-11(17)8-9-18-16(20)13-6-3-2-5-12(13)15(19)14-7-4-10-21-14/h2-7,10-11H,8-9,17H2,1H3,(H,18,20). The molecule has 0 radical (unpaired) electrons. The molecular formula is C16H18N2O2S. The summed E-state index contributed by atoms with van der Waals surface area (Å²) in [5.41, 5.74) is 6.49. The van der Waals surface area contributed by atoms with E-state index in [0.29, 0.717) is 29.0 Å². The fourth-order valence-corrected chi connectivity index (χ4v) is 2.61. The third-order valence-corrected chi connectivity index (χ3v) is 3.92. The molecule has 0 aliphatic carbocycles. The van der Waals surface area contributed by atoms with E-state index in [-0.39, 0.29) is 17.7 Å². The van der Waals surface area contributed by atoms with Crippen LogP contribution in [0.2, 0.25) is 0 Å². The van der Waals surface area contributed by atoms with Crippen molar-refractivity contribution in [1.82, 2.24) is 5.32 Å². The van der Waals surface area contributed by atoms with Gasteiger partial charge in [0.05, 0.1) is 10.4 Å². The maximum Gasteiger partial charge on any atom is 0.252 e. The molecule has 0 aliphatic heterocycles. The summed E-state index contributed by atoms with van der Waals surface area (Å²) in [5, 5.41) is 4.65. The number of nitrogens with two attached hydrogens (primary N) is 1. The summed E-state index contributed by atoms with van der Waals surface area (Å²) in [6.07, 6.45) is 0.701. The van der Waals surface area contributed by atoms with Crippen molar-refractivity contribution in [3.63, 3.8) is 0 Å². The van der Waals surface area contributed by atoms with Gasteiger partial charge in [0.25, 0.3) is 5.91 Å². The van der Waals surface area contributed by atoms with Crippen molar-refractivity contribution < 1.29 is 9.59 Å². The van der Waals surface area contributed by atoms with Crippen LogP contribution in [0.15, 0.2) is 41.8 Å². The Morgan fingerprint density at radius 3 is 2.52 bits per heavy atom. The zero-order valence-corrected chi connectivity index (χ0v) is 12.7. The molecule has 1 unspecified atom stereocenters. The lowest BCUT2D eigenvalue weighted by atomic mass is 10.0. The van der Waals surface area contributed by atoms with Gasteiger partial charge in [-0.1, -0.05) is 24.3 Å². The summed E-state index contributed by atoms with van der Waals surface area (Å²) in [6.45, 7) is 2.39. The van der Waals surface area contributed by atoms with E-state index in [1.54, 1.807) is 30.3 Å². The second-order valence-corrected chi connectivity index (χ2v) is 5.82. The fourth-order valence-electron chi connectivity index (χ4n) is 1.93. The van der Waals surface area contributed by atoms with Crippen LogP contribution in [-0.4, -0.2) is 24.3 Å². The molecule has 0 fully saturated rings. The number of carbonyl (C=O) groups is 2. The summed E-state index contributed by atoms with van der Waals surface area (Å²) in [6, 6.07) is 10.5. The summed E-state index contributed by atoms with van der Waals surface area (Å²) < 4.78 is 0. The van der Waals surface area contributed by atoms with Gasteiger partial charge in [0.15, 0.2) is 0 Å². The van der Waals surface area contributed by atoms with Crippen LogP contribution in [0.1, 0.15) is 38.9 Å². The first-order chi connectivity index (χ1) is 10.1. The van der Waals surface area contributed by atoms with Gasteiger partial charge >= 0.3 is 0 Å². The molecule has 3 N–H and O–H groups in total. The molecule has 2 aromatic rings. The molecule has 5 heteroatoms. The Bertz CT molecular complexity index is 621. The highest BCUT2D eigenvalue weighted by Crippen LogP contribution is 2.18. The quantitative estimate of drug-likeness (QED) is 0.805. The van der Waals surface area contributed by atoms with Crippen LogP contribution in [0.4, 0.5) is 0 Å². The average molecular weight is 302 g/mol. The maximum absolute atomic E-state index is 12.4. The first kappa shape index (κ1) is 15.4. The summed E-state index contributed by atoms with van der Waals surface area (Å²) in [4.78, 5) is 25.3. The largest absolute Gasteiger partial charge is 0.352 e. The number of hydrogen-bond acceptors (Lipinski definition) is 4. The fraction of sp³-hybridized carbons (Fsp3) is 0.250. The Labute approximate surface area is 128 Å². The van der Waals surface area contributed by atoms with E-state index in [1.165, 1.54) is 11.3 Å².